The molecule has 1 aliphatic carbocycles. The van der Waals surface area contributed by atoms with Crippen LogP contribution in [0.25, 0.3) is 0 Å². The van der Waals surface area contributed by atoms with Crippen molar-refractivity contribution in [3.63, 3.8) is 0 Å². The van der Waals surface area contributed by atoms with Crippen molar-refractivity contribution in [2.75, 3.05) is 10.8 Å². The van der Waals surface area contributed by atoms with Crippen molar-refractivity contribution in [2.45, 2.75) is 63.1 Å². The van der Waals surface area contributed by atoms with Gasteiger partial charge in [0.1, 0.15) is 12.6 Å². The average Bonchev–Trinajstić information content (AvgIpc) is 3.44. The van der Waals surface area contributed by atoms with Crippen LogP contribution in [-0.4, -0.2) is 43.8 Å². The molecule has 1 fully saturated rings. The van der Waals surface area contributed by atoms with Crippen LogP contribution in [-0.2, 0) is 26.2 Å². The van der Waals surface area contributed by atoms with Crippen molar-refractivity contribution in [3.05, 3.63) is 94.5 Å². The van der Waals surface area contributed by atoms with Gasteiger partial charge in [-0.3, -0.25) is 13.9 Å². The van der Waals surface area contributed by atoms with E-state index in [0.717, 1.165) is 45.6 Å². The van der Waals surface area contributed by atoms with E-state index >= 15 is 0 Å². The molecule has 1 atom stereocenters. The van der Waals surface area contributed by atoms with E-state index in [1.165, 1.54) is 4.90 Å². The van der Waals surface area contributed by atoms with Gasteiger partial charge in [0.2, 0.25) is 11.8 Å². The third-order valence-electron chi connectivity index (χ3n) is 7.07. The molecule has 3 aromatic carbocycles. The maximum absolute atomic E-state index is 13.9. The third kappa shape index (κ3) is 7.28. The Morgan fingerprint density at radius 1 is 0.949 bits per heavy atom. The second kappa shape index (κ2) is 12.8. The first kappa shape index (κ1) is 28.8. The zero-order chi connectivity index (χ0) is 28.0. The van der Waals surface area contributed by atoms with Crippen molar-refractivity contribution in [1.29, 1.82) is 0 Å². The van der Waals surface area contributed by atoms with Crippen LogP contribution in [0.1, 0.15) is 43.7 Å². The molecule has 0 unspecified atom stereocenters. The Morgan fingerprint density at radius 3 is 2.18 bits per heavy atom. The number of anilines is 1. The van der Waals surface area contributed by atoms with Gasteiger partial charge >= 0.3 is 0 Å². The number of hydrogen-bond donors (Lipinski definition) is 1. The molecule has 0 aliphatic heterocycles. The molecule has 7 nitrogen and oxygen atoms in total. The number of halogens is 1. The van der Waals surface area contributed by atoms with Crippen LogP contribution in [0.5, 0.6) is 0 Å². The van der Waals surface area contributed by atoms with Gasteiger partial charge in [-0.2, -0.15) is 0 Å². The SMILES string of the molecule is Cc1ccc(S(=O)(=O)N(CC(=O)N(Cc2ccccc2)[C@@H](C)C(=O)NC2CCCC2)c2ccc(Br)cc2)cc1. The minimum absolute atomic E-state index is 0.0884. The number of aryl methyl sites for hydroxylation is 1. The van der Waals surface area contributed by atoms with E-state index < -0.39 is 28.5 Å². The molecule has 1 aliphatic rings. The van der Waals surface area contributed by atoms with E-state index in [9.17, 15) is 18.0 Å². The van der Waals surface area contributed by atoms with Gasteiger partial charge in [-0.25, -0.2) is 8.42 Å². The topological polar surface area (TPSA) is 86.8 Å². The fraction of sp³-hybridized carbons (Fsp3) is 0.333. The maximum atomic E-state index is 13.9. The largest absolute Gasteiger partial charge is 0.352 e. The fourth-order valence-electron chi connectivity index (χ4n) is 4.73. The molecule has 0 aromatic heterocycles. The Hall–Kier alpha value is -3.17. The number of sulfonamides is 1. The van der Waals surface area contributed by atoms with Crippen molar-refractivity contribution < 1.29 is 18.0 Å². The van der Waals surface area contributed by atoms with Gasteiger partial charge in [0.05, 0.1) is 10.6 Å². The van der Waals surface area contributed by atoms with E-state index in [-0.39, 0.29) is 23.4 Å². The summed E-state index contributed by atoms with van der Waals surface area (Å²) < 4.78 is 29.6. The Morgan fingerprint density at radius 2 is 1.56 bits per heavy atom. The first-order valence-corrected chi connectivity index (χ1v) is 15.4. The van der Waals surface area contributed by atoms with Gasteiger partial charge in [-0.1, -0.05) is 76.8 Å². The summed E-state index contributed by atoms with van der Waals surface area (Å²) in [5, 5.41) is 3.08. The molecule has 0 spiro atoms. The summed E-state index contributed by atoms with van der Waals surface area (Å²) in [5.74, 6) is -0.700. The predicted octanol–water partition coefficient (Wildman–Crippen LogP) is 5.43. The molecule has 3 aromatic rings. The highest BCUT2D eigenvalue weighted by Crippen LogP contribution is 2.26. The zero-order valence-electron chi connectivity index (χ0n) is 22.2. The van der Waals surface area contributed by atoms with Crippen LogP contribution < -0.4 is 9.62 Å². The van der Waals surface area contributed by atoms with Crippen LogP contribution >= 0.6 is 15.9 Å². The minimum Gasteiger partial charge on any atom is -0.352 e. The number of rotatable bonds is 10. The Bertz CT molecular complexity index is 1370. The molecular formula is C30H34BrN3O4S. The van der Waals surface area contributed by atoms with Gasteiger partial charge in [0, 0.05) is 17.1 Å². The Kier molecular flexibility index (Phi) is 9.45. The number of nitrogens with one attached hydrogen (secondary N) is 1. The van der Waals surface area contributed by atoms with Crippen LogP contribution in [0.4, 0.5) is 5.69 Å². The number of benzene rings is 3. The second-order valence-corrected chi connectivity index (χ2v) is 12.8. The number of nitrogens with zero attached hydrogens (tertiary/aromatic N) is 2. The zero-order valence-corrected chi connectivity index (χ0v) is 24.6. The summed E-state index contributed by atoms with van der Waals surface area (Å²) in [7, 11) is -4.08. The van der Waals surface area contributed by atoms with Crippen LogP contribution in [0.2, 0.25) is 0 Å². The first-order chi connectivity index (χ1) is 18.6. The summed E-state index contributed by atoms with van der Waals surface area (Å²) in [4.78, 5) is 28.7. The standard InChI is InChI=1S/C30H34BrN3O4S/c1-22-12-18-28(19-13-22)39(37,38)34(27-16-14-25(31)15-17-27)21-29(35)33(20-24-8-4-3-5-9-24)23(2)30(36)32-26-10-6-7-11-26/h3-5,8-9,12-19,23,26H,6-7,10-11,20-21H2,1-2H3,(H,32,36)/t23-/m0/s1. The highest BCUT2D eigenvalue weighted by molar-refractivity contribution is 9.10. The van der Waals surface area contributed by atoms with Gasteiger partial charge in [-0.05, 0) is 68.7 Å². The summed E-state index contributed by atoms with van der Waals surface area (Å²) in [6.45, 7) is 3.30. The molecule has 0 heterocycles. The average molecular weight is 613 g/mol. The molecule has 0 bridgehead atoms. The number of carbonyl (C=O) groups excluding carboxylic acids is 2. The molecule has 39 heavy (non-hydrogen) atoms. The van der Waals surface area contributed by atoms with Crippen molar-refractivity contribution in [1.82, 2.24) is 10.2 Å². The Balaban J connectivity index is 1.66. The molecule has 206 valence electrons. The maximum Gasteiger partial charge on any atom is 0.264 e. The Labute approximate surface area is 239 Å². The summed E-state index contributed by atoms with van der Waals surface area (Å²) in [6, 6.07) is 22.0. The van der Waals surface area contributed by atoms with Gasteiger partial charge in [0.15, 0.2) is 0 Å². The van der Waals surface area contributed by atoms with E-state index in [1.807, 2.05) is 37.3 Å². The van der Waals surface area contributed by atoms with E-state index in [2.05, 4.69) is 21.2 Å². The monoisotopic (exact) mass is 611 g/mol. The normalized spacial score (nSPS) is 14.5. The fourth-order valence-corrected chi connectivity index (χ4v) is 6.41. The lowest BCUT2D eigenvalue weighted by molar-refractivity contribution is -0.139. The minimum atomic E-state index is -4.08. The van der Waals surface area contributed by atoms with Crippen molar-refractivity contribution in [2.24, 2.45) is 0 Å². The highest BCUT2D eigenvalue weighted by Gasteiger charge is 2.33. The van der Waals surface area contributed by atoms with Gasteiger partial charge < -0.3 is 10.2 Å². The number of carbonyl (C=O) groups is 2. The molecule has 9 heteroatoms. The summed E-state index contributed by atoms with van der Waals surface area (Å²) >= 11 is 3.39. The summed E-state index contributed by atoms with van der Waals surface area (Å²) in [6.07, 6.45) is 4.00. The van der Waals surface area contributed by atoms with Gasteiger partial charge in [0.25, 0.3) is 10.0 Å². The molecule has 4 rings (SSSR count). The molecular weight excluding hydrogens is 578 g/mol. The molecule has 2 amide bonds. The molecule has 1 N–H and O–H groups in total. The number of hydrogen-bond acceptors (Lipinski definition) is 4. The summed E-state index contributed by atoms with van der Waals surface area (Å²) in [5.41, 5.74) is 2.13. The van der Waals surface area contributed by atoms with Crippen LogP contribution in [0.3, 0.4) is 0 Å². The predicted molar refractivity (Wildman–Crippen MR) is 157 cm³/mol. The van der Waals surface area contributed by atoms with Gasteiger partial charge in [-0.15, -0.1) is 0 Å². The quantitative estimate of drug-likeness (QED) is 0.331. The molecule has 0 saturated heterocycles. The smallest absolute Gasteiger partial charge is 0.264 e. The molecule has 0 radical (unpaired) electrons. The van der Waals surface area contributed by atoms with Crippen LogP contribution in [0.15, 0.2) is 88.2 Å². The van der Waals surface area contributed by atoms with E-state index in [1.54, 1.807) is 55.5 Å². The lowest BCUT2D eigenvalue weighted by Gasteiger charge is -2.32. The van der Waals surface area contributed by atoms with Crippen molar-refractivity contribution >= 4 is 43.5 Å². The lowest BCUT2D eigenvalue weighted by Crippen LogP contribution is -2.52. The van der Waals surface area contributed by atoms with E-state index in [4.69, 9.17) is 0 Å². The number of amides is 2. The highest BCUT2D eigenvalue weighted by atomic mass is 79.9. The lowest BCUT2D eigenvalue weighted by atomic mass is 10.1. The van der Waals surface area contributed by atoms with E-state index in [0.29, 0.717) is 5.69 Å². The first-order valence-electron chi connectivity index (χ1n) is 13.1. The third-order valence-corrected chi connectivity index (χ3v) is 9.38. The van der Waals surface area contributed by atoms with Crippen LogP contribution in [0, 0.1) is 6.92 Å². The second-order valence-electron chi connectivity index (χ2n) is 9.97. The molecule has 1 saturated carbocycles. The van der Waals surface area contributed by atoms with Crippen molar-refractivity contribution in [3.8, 4) is 0 Å².